The standard InChI is InChI=1S/C17H15F3IN3O/c1-22-10-7-24(8-10)17(25)11-3-4-12(18)15(20)16(11)23-14-5-2-9(21)6-13(14)19/h2-6,10,22-23H,7-8H2,1H3. The molecule has 2 aromatic rings. The van der Waals surface area contributed by atoms with Crippen LogP contribution in [0, 0.1) is 21.0 Å². The van der Waals surface area contributed by atoms with Gasteiger partial charge in [0.2, 0.25) is 0 Å². The van der Waals surface area contributed by atoms with Crippen molar-refractivity contribution in [1.29, 1.82) is 0 Å². The van der Waals surface area contributed by atoms with Gasteiger partial charge < -0.3 is 15.5 Å². The first kappa shape index (κ1) is 18.0. The lowest BCUT2D eigenvalue weighted by molar-refractivity contribution is 0.0577. The highest BCUT2D eigenvalue weighted by atomic mass is 127. The van der Waals surface area contributed by atoms with Crippen LogP contribution in [0.1, 0.15) is 10.4 Å². The van der Waals surface area contributed by atoms with Crippen LogP contribution >= 0.6 is 22.6 Å². The molecule has 1 saturated heterocycles. The van der Waals surface area contributed by atoms with E-state index in [2.05, 4.69) is 10.6 Å². The van der Waals surface area contributed by atoms with Gasteiger partial charge >= 0.3 is 0 Å². The lowest BCUT2D eigenvalue weighted by atomic mass is 10.0. The predicted molar refractivity (Wildman–Crippen MR) is 97.5 cm³/mol. The van der Waals surface area contributed by atoms with Crippen molar-refractivity contribution in [2.75, 3.05) is 25.5 Å². The fourth-order valence-corrected chi connectivity index (χ4v) is 3.03. The van der Waals surface area contributed by atoms with Gasteiger partial charge in [-0.2, -0.15) is 0 Å². The number of anilines is 2. The van der Waals surface area contributed by atoms with Crippen molar-refractivity contribution in [3.8, 4) is 0 Å². The maximum atomic E-state index is 14.3. The molecule has 132 valence electrons. The minimum atomic E-state index is -1.21. The third-order valence-corrected chi connectivity index (χ3v) is 4.76. The first-order chi connectivity index (χ1) is 11.9. The van der Waals surface area contributed by atoms with Crippen LogP contribution in [-0.2, 0) is 0 Å². The van der Waals surface area contributed by atoms with E-state index in [1.807, 2.05) is 22.6 Å². The van der Waals surface area contributed by atoms with Gasteiger partial charge in [0.1, 0.15) is 5.82 Å². The van der Waals surface area contributed by atoms with E-state index in [1.54, 1.807) is 13.1 Å². The summed E-state index contributed by atoms with van der Waals surface area (Å²) in [5.41, 5.74) is -0.430. The summed E-state index contributed by atoms with van der Waals surface area (Å²) in [6.45, 7) is 0.956. The van der Waals surface area contributed by atoms with Crippen LogP contribution in [0.5, 0.6) is 0 Å². The number of carbonyl (C=O) groups excluding carboxylic acids is 1. The number of carbonyl (C=O) groups is 1. The van der Waals surface area contributed by atoms with Crippen molar-refractivity contribution in [2.24, 2.45) is 0 Å². The van der Waals surface area contributed by atoms with Gasteiger partial charge in [-0.25, -0.2) is 13.2 Å². The molecule has 0 aromatic heterocycles. The molecule has 0 aliphatic carbocycles. The van der Waals surface area contributed by atoms with Crippen molar-refractivity contribution in [1.82, 2.24) is 10.2 Å². The van der Waals surface area contributed by atoms with E-state index in [4.69, 9.17) is 0 Å². The molecule has 1 fully saturated rings. The van der Waals surface area contributed by atoms with Gasteiger partial charge in [0.25, 0.3) is 5.91 Å². The normalized spacial score (nSPS) is 14.4. The summed E-state index contributed by atoms with van der Waals surface area (Å²) in [4.78, 5) is 14.1. The number of rotatable bonds is 4. The van der Waals surface area contributed by atoms with E-state index in [9.17, 15) is 18.0 Å². The second-order valence-electron chi connectivity index (χ2n) is 5.73. The van der Waals surface area contributed by atoms with Crippen LogP contribution in [-0.4, -0.2) is 37.0 Å². The summed E-state index contributed by atoms with van der Waals surface area (Å²) in [5, 5.41) is 5.56. The topological polar surface area (TPSA) is 44.4 Å². The molecule has 8 heteroatoms. The maximum Gasteiger partial charge on any atom is 0.256 e. The van der Waals surface area contributed by atoms with Crippen LogP contribution in [0.15, 0.2) is 30.3 Å². The highest BCUT2D eigenvalue weighted by molar-refractivity contribution is 14.1. The third kappa shape index (κ3) is 3.59. The highest BCUT2D eigenvalue weighted by Crippen LogP contribution is 2.30. The predicted octanol–water partition coefficient (Wildman–Crippen LogP) is 3.50. The molecule has 0 spiro atoms. The Morgan fingerprint density at radius 1 is 1.16 bits per heavy atom. The van der Waals surface area contributed by atoms with Crippen molar-refractivity contribution in [3.05, 3.63) is 56.9 Å². The molecule has 1 aliphatic rings. The number of nitrogens with zero attached hydrogens (tertiary/aromatic N) is 1. The van der Waals surface area contributed by atoms with E-state index in [-0.39, 0.29) is 23.0 Å². The average Bonchev–Trinajstić information content (AvgIpc) is 2.53. The number of nitrogens with one attached hydrogen (secondary N) is 2. The molecular weight excluding hydrogens is 446 g/mol. The van der Waals surface area contributed by atoms with Crippen LogP contribution in [0.4, 0.5) is 24.5 Å². The number of benzene rings is 2. The van der Waals surface area contributed by atoms with E-state index in [0.29, 0.717) is 16.7 Å². The molecule has 3 rings (SSSR count). The smallest absolute Gasteiger partial charge is 0.256 e. The van der Waals surface area contributed by atoms with Gasteiger partial charge in [-0.1, -0.05) is 0 Å². The number of hydrogen-bond acceptors (Lipinski definition) is 3. The quantitative estimate of drug-likeness (QED) is 0.686. The van der Waals surface area contributed by atoms with Gasteiger partial charge in [-0.05, 0) is 60.0 Å². The van der Waals surface area contributed by atoms with Gasteiger partial charge in [0.15, 0.2) is 11.6 Å². The molecule has 1 heterocycles. The fourth-order valence-electron chi connectivity index (χ4n) is 2.57. The molecule has 2 N–H and O–H groups in total. The largest absolute Gasteiger partial charge is 0.350 e. The summed E-state index contributed by atoms with van der Waals surface area (Å²) >= 11 is 1.94. The maximum absolute atomic E-state index is 14.3. The number of likely N-dealkylation sites (tertiary alicyclic amines) is 1. The second kappa shape index (κ2) is 7.20. The Bertz CT molecular complexity index is 825. The average molecular weight is 461 g/mol. The van der Waals surface area contributed by atoms with Crippen molar-refractivity contribution in [3.63, 3.8) is 0 Å². The molecule has 1 amide bonds. The van der Waals surface area contributed by atoms with Crippen LogP contribution in [0.3, 0.4) is 0 Å². The van der Waals surface area contributed by atoms with E-state index in [1.165, 1.54) is 23.1 Å². The van der Waals surface area contributed by atoms with Crippen molar-refractivity contribution in [2.45, 2.75) is 6.04 Å². The third-order valence-electron chi connectivity index (χ3n) is 4.09. The Morgan fingerprint density at radius 2 is 1.88 bits per heavy atom. The number of halogens is 4. The minimum Gasteiger partial charge on any atom is -0.350 e. The summed E-state index contributed by atoms with van der Waals surface area (Å²) in [6, 6.07) is 6.58. The molecular formula is C17H15F3IN3O. The lowest BCUT2D eigenvalue weighted by Crippen LogP contribution is -2.59. The van der Waals surface area contributed by atoms with E-state index >= 15 is 0 Å². The number of likely N-dealkylation sites (N-methyl/N-ethyl adjacent to an activating group) is 1. The van der Waals surface area contributed by atoms with Crippen LogP contribution < -0.4 is 10.6 Å². The van der Waals surface area contributed by atoms with Gasteiger partial charge in [0.05, 0.1) is 16.9 Å². The zero-order chi connectivity index (χ0) is 18.1. The highest BCUT2D eigenvalue weighted by Gasteiger charge is 2.32. The Morgan fingerprint density at radius 3 is 2.52 bits per heavy atom. The number of hydrogen-bond donors (Lipinski definition) is 2. The monoisotopic (exact) mass is 461 g/mol. The zero-order valence-electron chi connectivity index (χ0n) is 13.2. The van der Waals surface area contributed by atoms with Gasteiger partial charge in [-0.15, -0.1) is 0 Å². The van der Waals surface area contributed by atoms with Crippen molar-refractivity contribution < 1.29 is 18.0 Å². The summed E-state index contributed by atoms with van der Waals surface area (Å²) < 4.78 is 42.7. The van der Waals surface area contributed by atoms with Gasteiger partial charge in [-0.3, -0.25) is 4.79 Å². The molecule has 25 heavy (non-hydrogen) atoms. The van der Waals surface area contributed by atoms with Crippen LogP contribution in [0.25, 0.3) is 0 Å². The molecule has 0 radical (unpaired) electrons. The zero-order valence-corrected chi connectivity index (χ0v) is 15.4. The molecule has 4 nitrogen and oxygen atoms in total. The van der Waals surface area contributed by atoms with E-state index < -0.39 is 23.4 Å². The summed E-state index contributed by atoms with van der Waals surface area (Å²) in [7, 11) is 1.79. The summed E-state index contributed by atoms with van der Waals surface area (Å²) in [5.74, 6) is -3.37. The fraction of sp³-hybridized carbons (Fsp3) is 0.235. The molecule has 1 aliphatic heterocycles. The first-order valence-electron chi connectivity index (χ1n) is 7.57. The molecule has 0 saturated carbocycles. The van der Waals surface area contributed by atoms with E-state index in [0.717, 1.165) is 6.07 Å². The Hall–Kier alpha value is -1.81. The first-order valence-corrected chi connectivity index (χ1v) is 8.65. The lowest BCUT2D eigenvalue weighted by Gasteiger charge is -2.39. The van der Waals surface area contributed by atoms with Crippen LogP contribution in [0.2, 0.25) is 0 Å². The Kier molecular flexibility index (Phi) is 5.19. The molecule has 0 bridgehead atoms. The molecule has 2 aromatic carbocycles. The Balaban J connectivity index is 1.94. The summed E-state index contributed by atoms with van der Waals surface area (Å²) in [6.07, 6.45) is 0. The van der Waals surface area contributed by atoms with Crippen molar-refractivity contribution >= 4 is 39.9 Å². The minimum absolute atomic E-state index is 0.0318. The molecule has 0 unspecified atom stereocenters. The second-order valence-corrected chi connectivity index (χ2v) is 6.97. The SMILES string of the molecule is CNC1CN(C(=O)c2ccc(F)c(F)c2Nc2ccc(I)cc2F)C1. The Labute approximate surface area is 156 Å². The number of amides is 1. The molecule has 0 atom stereocenters. The van der Waals surface area contributed by atoms with Gasteiger partial charge in [0, 0.05) is 22.7 Å².